The van der Waals surface area contributed by atoms with Crippen molar-refractivity contribution in [2.24, 2.45) is 0 Å². The first-order valence-electron chi connectivity index (χ1n) is 9.53. The number of amides is 1. The van der Waals surface area contributed by atoms with Gasteiger partial charge in [0, 0.05) is 11.8 Å². The van der Waals surface area contributed by atoms with E-state index in [0.717, 1.165) is 28.4 Å². The predicted octanol–water partition coefficient (Wildman–Crippen LogP) is 4.94. The number of ether oxygens (including phenoxy) is 1. The first-order valence-corrected chi connectivity index (χ1v) is 10.4. The molecule has 0 saturated carbocycles. The van der Waals surface area contributed by atoms with Crippen LogP contribution in [-0.4, -0.2) is 17.0 Å². The molecule has 1 unspecified atom stereocenters. The number of thiazole rings is 1. The Bertz CT molecular complexity index is 906. The number of nitrogens with one attached hydrogen (secondary N) is 1. The van der Waals surface area contributed by atoms with Gasteiger partial charge >= 0.3 is 0 Å². The summed E-state index contributed by atoms with van der Waals surface area (Å²) in [6.07, 6.45) is 0.243. The van der Waals surface area contributed by atoms with E-state index in [4.69, 9.17) is 4.74 Å². The maximum absolute atomic E-state index is 12.4. The molecule has 0 aliphatic carbocycles. The van der Waals surface area contributed by atoms with Gasteiger partial charge in [-0.15, -0.1) is 11.3 Å². The van der Waals surface area contributed by atoms with Gasteiger partial charge in [-0.25, -0.2) is 4.98 Å². The maximum atomic E-state index is 12.4. The third kappa shape index (κ3) is 5.42. The summed E-state index contributed by atoms with van der Waals surface area (Å²) >= 11 is 1.62. The average Bonchev–Trinajstić information content (AvgIpc) is 3.14. The van der Waals surface area contributed by atoms with E-state index < -0.39 is 6.10 Å². The molecule has 1 amide bonds. The Morgan fingerprint density at radius 2 is 1.79 bits per heavy atom. The number of hydrogen-bond acceptors (Lipinski definition) is 4. The van der Waals surface area contributed by atoms with Crippen molar-refractivity contribution in [3.63, 3.8) is 0 Å². The Hall–Kier alpha value is -2.66. The summed E-state index contributed by atoms with van der Waals surface area (Å²) in [5.41, 5.74) is 3.21. The largest absolute Gasteiger partial charge is 0.481 e. The molecule has 1 aromatic heterocycles. The van der Waals surface area contributed by atoms with Gasteiger partial charge < -0.3 is 10.1 Å². The summed E-state index contributed by atoms with van der Waals surface area (Å²) in [4.78, 5) is 17.1. The smallest absolute Gasteiger partial charge is 0.261 e. The van der Waals surface area contributed by atoms with E-state index in [0.29, 0.717) is 12.5 Å². The van der Waals surface area contributed by atoms with Crippen LogP contribution in [0.2, 0.25) is 0 Å². The minimum atomic E-state index is -0.567. The van der Waals surface area contributed by atoms with Crippen molar-refractivity contribution in [2.75, 3.05) is 0 Å². The van der Waals surface area contributed by atoms with Crippen molar-refractivity contribution >= 4 is 17.2 Å². The topological polar surface area (TPSA) is 51.2 Å². The third-order valence-electron chi connectivity index (χ3n) is 4.46. The lowest BCUT2D eigenvalue weighted by atomic mass is 10.0. The van der Waals surface area contributed by atoms with Gasteiger partial charge in [0.1, 0.15) is 5.75 Å². The number of aromatic nitrogens is 1. The SMILES string of the molecule is CC(Oc1ccccc1C(C)C)C(=O)NCc1csc(Cc2ccccc2)n1. The van der Waals surface area contributed by atoms with E-state index in [1.807, 2.05) is 47.8 Å². The van der Waals surface area contributed by atoms with E-state index >= 15 is 0 Å². The molecule has 3 rings (SSSR count). The van der Waals surface area contributed by atoms with Crippen LogP contribution in [0.3, 0.4) is 0 Å². The van der Waals surface area contributed by atoms with Crippen LogP contribution >= 0.6 is 11.3 Å². The predicted molar refractivity (Wildman–Crippen MR) is 114 cm³/mol. The lowest BCUT2D eigenvalue weighted by molar-refractivity contribution is -0.127. The van der Waals surface area contributed by atoms with E-state index in [-0.39, 0.29) is 5.91 Å². The van der Waals surface area contributed by atoms with Crippen LogP contribution in [0.25, 0.3) is 0 Å². The molecule has 0 bridgehead atoms. The highest BCUT2D eigenvalue weighted by Crippen LogP contribution is 2.26. The number of carbonyl (C=O) groups excluding carboxylic acids is 1. The van der Waals surface area contributed by atoms with Crippen LogP contribution < -0.4 is 10.1 Å². The number of rotatable bonds is 8. The molecule has 1 heterocycles. The van der Waals surface area contributed by atoms with Crippen LogP contribution in [0, 0.1) is 0 Å². The summed E-state index contributed by atoms with van der Waals surface area (Å²) in [6.45, 7) is 6.41. The first-order chi connectivity index (χ1) is 13.5. The quantitative estimate of drug-likeness (QED) is 0.589. The fourth-order valence-electron chi connectivity index (χ4n) is 2.91. The highest BCUT2D eigenvalue weighted by molar-refractivity contribution is 7.09. The molecule has 2 aromatic carbocycles. The van der Waals surface area contributed by atoms with E-state index in [2.05, 4.69) is 36.3 Å². The van der Waals surface area contributed by atoms with Gasteiger partial charge in [-0.3, -0.25) is 4.79 Å². The van der Waals surface area contributed by atoms with Gasteiger partial charge in [0.15, 0.2) is 6.10 Å². The monoisotopic (exact) mass is 394 g/mol. The minimum absolute atomic E-state index is 0.142. The molecule has 28 heavy (non-hydrogen) atoms. The number of hydrogen-bond donors (Lipinski definition) is 1. The lowest BCUT2D eigenvalue weighted by Crippen LogP contribution is -2.36. The second-order valence-electron chi connectivity index (χ2n) is 7.07. The van der Waals surface area contributed by atoms with Crippen molar-refractivity contribution in [2.45, 2.75) is 45.8 Å². The van der Waals surface area contributed by atoms with Crippen molar-refractivity contribution in [3.8, 4) is 5.75 Å². The van der Waals surface area contributed by atoms with Crippen molar-refractivity contribution in [1.29, 1.82) is 0 Å². The Balaban J connectivity index is 1.53. The molecule has 0 aliphatic heterocycles. The Morgan fingerprint density at radius 1 is 1.07 bits per heavy atom. The molecule has 0 fully saturated rings. The molecule has 0 radical (unpaired) electrons. The van der Waals surface area contributed by atoms with Crippen molar-refractivity contribution in [1.82, 2.24) is 10.3 Å². The molecule has 3 aromatic rings. The molecule has 1 atom stereocenters. The highest BCUT2D eigenvalue weighted by atomic mass is 32.1. The fourth-order valence-corrected chi connectivity index (χ4v) is 3.74. The van der Waals surface area contributed by atoms with Crippen LogP contribution in [0.1, 0.15) is 48.5 Å². The zero-order valence-corrected chi connectivity index (χ0v) is 17.3. The molecule has 146 valence electrons. The molecule has 0 saturated heterocycles. The van der Waals surface area contributed by atoms with E-state index in [1.165, 1.54) is 5.56 Å². The average molecular weight is 395 g/mol. The van der Waals surface area contributed by atoms with Gasteiger partial charge in [0.2, 0.25) is 0 Å². The van der Waals surface area contributed by atoms with Crippen LogP contribution in [0.15, 0.2) is 60.0 Å². The third-order valence-corrected chi connectivity index (χ3v) is 5.35. The van der Waals surface area contributed by atoms with Gasteiger partial charge in [-0.1, -0.05) is 62.4 Å². The second kappa shape index (κ2) is 9.51. The normalized spacial score (nSPS) is 12.0. The zero-order chi connectivity index (χ0) is 19.9. The number of benzene rings is 2. The van der Waals surface area contributed by atoms with Gasteiger partial charge in [-0.2, -0.15) is 0 Å². The summed E-state index contributed by atoms with van der Waals surface area (Å²) in [6, 6.07) is 18.1. The molecular formula is C23H26N2O2S. The Morgan fingerprint density at radius 3 is 2.54 bits per heavy atom. The highest BCUT2D eigenvalue weighted by Gasteiger charge is 2.17. The van der Waals surface area contributed by atoms with Crippen LogP contribution in [-0.2, 0) is 17.8 Å². The fraction of sp³-hybridized carbons (Fsp3) is 0.304. The lowest BCUT2D eigenvalue weighted by Gasteiger charge is -2.18. The summed E-state index contributed by atoms with van der Waals surface area (Å²) < 4.78 is 5.91. The van der Waals surface area contributed by atoms with Gasteiger partial charge in [0.25, 0.3) is 5.91 Å². The van der Waals surface area contributed by atoms with E-state index in [1.54, 1.807) is 18.3 Å². The first kappa shape index (κ1) is 20.1. The van der Waals surface area contributed by atoms with Crippen molar-refractivity contribution in [3.05, 3.63) is 81.8 Å². The molecule has 5 heteroatoms. The maximum Gasteiger partial charge on any atom is 0.261 e. The summed E-state index contributed by atoms with van der Waals surface area (Å²) in [5, 5.41) is 5.97. The summed E-state index contributed by atoms with van der Waals surface area (Å²) in [7, 11) is 0. The molecule has 1 N–H and O–H groups in total. The molecule has 4 nitrogen and oxygen atoms in total. The minimum Gasteiger partial charge on any atom is -0.481 e. The van der Waals surface area contributed by atoms with Crippen LogP contribution in [0.5, 0.6) is 5.75 Å². The molecule has 0 aliphatic rings. The van der Waals surface area contributed by atoms with Gasteiger partial charge in [-0.05, 0) is 30.0 Å². The number of para-hydroxylation sites is 1. The number of nitrogens with zero attached hydrogens (tertiary/aromatic N) is 1. The second-order valence-corrected chi connectivity index (χ2v) is 8.01. The standard InChI is InChI=1S/C23H26N2O2S/c1-16(2)20-11-7-8-12-21(20)27-17(3)23(26)24-14-19-15-28-22(25-19)13-18-9-5-4-6-10-18/h4-12,15-17H,13-14H2,1-3H3,(H,24,26). The molecule has 0 spiro atoms. The van der Waals surface area contributed by atoms with Crippen LogP contribution in [0.4, 0.5) is 0 Å². The van der Waals surface area contributed by atoms with E-state index in [9.17, 15) is 4.79 Å². The Labute approximate surface area is 170 Å². The van der Waals surface area contributed by atoms with Gasteiger partial charge in [0.05, 0.1) is 17.2 Å². The van der Waals surface area contributed by atoms with Crippen molar-refractivity contribution < 1.29 is 9.53 Å². The Kier molecular flexibility index (Phi) is 6.82. The summed E-state index contributed by atoms with van der Waals surface area (Å²) in [5.74, 6) is 0.958. The zero-order valence-electron chi connectivity index (χ0n) is 16.5. The number of carbonyl (C=O) groups is 1. The molecular weight excluding hydrogens is 368 g/mol.